The highest BCUT2D eigenvalue weighted by Gasteiger charge is 2.44. The Morgan fingerprint density at radius 1 is 0.925 bits per heavy atom. The van der Waals surface area contributed by atoms with Gasteiger partial charge in [-0.3, -0.25) is 9.78 Å². The standard InChI is InChI=1S/C43H49F3N4O3/c1-27-5-9-31(10-6-27)39(44)38-36(30-13-17-43(45,46)18-14-30)37-34(21-42(2,3)22-35(37)53-26-28-7-11-33(52-4)12-8-28)49-40(38)32-15-19-50(20-16-32)41-47-23-29(25-51)24-48-41/h5-12,23-25,30,32,35,39H,13-22,26H2,1-4H3/t35-,39-/m0/s1. The lowest BCUT2D eigenvalue weighted by molar-refractivity contribution is -0.0390. The van der Waals surface area contributed by atoms with Gasteiger partial charge in [0.1, 0.15) is 5.75 Å². The SMILES string of the molecule is COc1ccc(CO[C@H]2CC(C)(C)Cc3nc(C4CCN(c5ncc(C=O)cn5)CC4)c([C@@H](F)c4ccc(C)cc4)c(C4CCC(F)(F)CC4)c32)cc1. The van der Waals surface area contributed by atoms with Gasteiger partial charge in [0.2, 0.25) is 11.9 Å². The molecule has 2 fully saturated rings. The van der Waals surface area contributed by atoms with Crippen LogP contribution in [0.3, 0.4) is 0 Å². The van der Waals surface area contributed by atoms with E-state index in [1.54, 1.807) is 7.11 Å². The quantitative estimate of drug-likeness (QED) is 0.151. The van der Waals surface area contributed by atoms with Crippen molar-refractivity contribution in [3.63, 3.8) is 0 Å². The number of nitrogens with zero attached hydrogens (tertiary/aromatic N) is 4. The molecule has 0 amide bonds. The normalized spacial score (nSPS) is 20.8. The number of benzene rings is 2. The Balaban J connectivity index is 1.34. The number of hydrogen-bond donors (Lipinski definition) is 0. The lowest BCUT2D eigenvalue weighted by Crippen LogP contribution is -2.36. The van der Waals surface area contributed by atoms with Gasteiger partial charge in [-0.2, -0.15) is 0 Å². The van der Waals surface area contributed by atoms with Crippen LogP contribution in [-0.2, 0) is 17.8 Å². The summed E-state index contributed by atoms with van der Waals surface area (Å²) in [6.45, 7) is 8.02. The second kappa shape index (κ2) is 15.2. The first-order chi connectivity index (χ1) is 25.4. The summed E-state index contributed by atoms with van der Waals surface area (Å²) in [5.41, 5.74) is 6.76. The minimum Gasteiger partial charge on any atom is -0.497 e. The van der Waals surface area contributed by atoms with Gasteiger partial charge in [0.05, 0.1) is 31.1 Å². The maximum atomic E-state index is 17.7. The maximum Gasteiger partial charge on any atom is 0.248 e. The molecule has 0 unspecified atom stereocenters. The molecule has 1 aliphatic heterocycles. The molecule has 0 bridgehead atoms. The van der Waals surface area contributed by atoms with Crippen LogP contribution in [-0.4, -0.2) is 47.4 Å². The molecular weight excluding hydrogens is 677 g/mol. The number of rotatable bonds is 10. The van der Waals surface area contributed by atoms with Crippen LogP contribution in [0.4, 0.5) is 19.1 Å². The van der Waals surface area contributed by atoms with Crippen LogP contribution >= 0.6 is 0 Å². The van der Waals surface area contributed by atoms with Gasteiger partial charge < -0.3 is 14.4 Å². The van der Waals surface area contributed by atoms with Crippen molar-refractivity contribution in [2.45, 2.75) is 109 Å². The molecule has 1 saturated heterocycles. The monoisotopic (exact) mass is 726 g/mol. The predicted molar refractivity (Wildman–Crippen MR) is 199 cm³/mol. The molecule has 2 aliphatic carbocycles. The van der Waals surface area contributed by atoms with E-state index in [2.05, 4.69) is 28.7 Å². The van der Waals surface area contributed by atoms with Crippen molar-refractivity contribution < 1.29 is 27.4 Å². The van der Waals surface area contributed by atoms with Crippen LogP contribution in [0.5, 0.6) is 5.75 Å². The second-order valence-corrected chi connectivity index (χ2v) is 16.0. The van der Waals surface area contributed by atoms with Crippen LogP contribution in [0.15, 0.2) is 60.9 Å². The van der Waals surface area contributed by atoms with E-state index in [9.17, 15) is 13.6 Å². The van der Waals surface area contributed by atoms with Gasteiger partial charge in [-0.05, 0) is 85.6 Å². The Hall–Kier alpha value is -4.31. The Morgan fingerprint density at radius 3 is 2.21 bits per heavy atom. The third-order valence-electron chi connectivity index (χ3n) is 11.4. The van der Waals surface area contributed by atoms with Crippen LogP contribution in [0.1, 0.15) is 138 Å². The number of aromatic nitrogens is 3. The fourth-order valence-electron chi connectivity index (χ4n) is 8.55. The second-order valence-electron chi connectivity index (χ2n) is 16.0. The predicted octanol–water partition coefficient (Wildman–Crippen LogP) is 9.97. The van der Waals surface area contributed by atoms with Crippen LogP contribution in [0.2, 0.25) is 0 Å². The smallest absolute Gasteiger partial charge is 0.248 e. The van der Waals surface area contributed by atoms with E-state index in [4.69, 9.17) is 14.5 Å². The Labute approximate surface area is 310 Å². The molecule has 2 aromatic carbocycles. The molecule has 10 heteroatoms. The summed E-state index contributed by atoms with van der Waals surface area (Å²) in [4.78, 5) is 27.5. The summed E-state index contributed by atoms with van der Waals surface area (Å²) in [6, 6.07) is 15.3. The number of piperidine rings is 1. The molecule has 53 heavy (non-hydrogen) atoms. The number of methoxy groups -OCH3 is 1. The van der Waals surface area contributed by atoms with Gasteiger partial charge in [0.15, 0.2) is 12.5 Å². The number of anilines is 1. The van der Waals surface area contributed by atoms with Crippen molar-refractivity contribution in [3.8, 4) is 5.75 Å². The number of carbonyl (C=O) groups is 1. The minimum atomic E-state index is -2.73. The van der Waals surface area contributed by atoms with Crippen LogP contribution in [0, 0.1) is 12.3 Å². The molecule has 0 radical (unpaired) electrons. The number of aldehydes is 1. The number of alkyl halides is 3. The molecular formula is C43H49F3N4O3. The highest BCUT2D eigenvalue weighted by Crippen LogP contribution is 2.53. The van der Waals surface area contributed by atoms with Crippen LogP contribution < -0.4 is 9.64 Å². The van der Waals surface area contributed by atoms with E-state index < -0.39 is 12.1 Å². The molecule has 2 atom stereocenters. The molecule has 7 rings (SSSR count). The number of hydrogen-bond acceptors (Lipinski definition) is 7. The van der Waals surface area contributed by atoms with Crippen molar-refractivity contribution in [1.29, 1.82) is 0 Å². The number of halogens is 3. The Kier molecular flexibility index (Phi) is 10.6. The van der Waals surface area contributed by atoms with Gasteiger partial charge in [0, 0.05) is 61.1 Å². The zero-order valence-electron chi connectivity index (χ0n) is 31.1. The van der Waals surface area contributed by atoms with Gasteiger partial charge in [-0.1, -0.05) is 55.8 Å². The van der Waals surface area contributed by atoms with Crippen molar-refractivity contribution in [2.24, 2.45) is 5.41 Å². The molecule has 280 valence electrons. The molecule has 0 spiro atoms. The summed E-state index contributed by atoms with van der Waals surface area (Å²) in [6.07, 6.45) is 4.77. The van der Waals surface area contributed by atoms with Crippen LogP contribution in [0.25, 0.3) is 0 Å². The Morgan fingerprint density at radius 2 is 1.58 bits per heavy atom. The lowest BCUT2D eigenvalue weighted by Gasteiger charge is -2.42. The van der Waals surface area contributed by atoms with E-state index in [1.165, 1.54) is 12.4 Å². The highest BCUT2D eigenvalue weighted by atomic mass is 19.3. The van der Waals surface area contributed by atoms with Gasteiger partial charge >= 0.3 is 0 Å². The first-order valence-electron chi connectivity index (χ1n) is 18.9. The van der Waals surface area contributed by atoms with Crippen molar-refractivity contribution in [2.75, 3.05) is 25.1 Å². The lowest BCUT2D eigenvalue weighted by atomic mass is 9.68. The fourth-order valence-corrected chi connectivity index (χ4v) is 8.55. The van der Waals surface area contributed by atoms with Gasteiger partial charge in [0.25, 0.3) is 0 Å². The van der Waals surface area contributed by atoms with Gasteiger partial charge in [-0.15, -0.1) is 0 Å². The van der Waals surface area contributed by atoms with E-state index in [0.29, 0.717) is 68.0 Å². The number of ether oxygens (including phenoxy) is 2. The summed E-state index contributed by atoms with van der Waals surface area (Å²) in [7, 11) is 1.63. The maximum absolute atomic E-state index is 17.7. The first kappa shape index (κ1) is 37.0. The topological polar surface area (TPSA) is 77.4 Å². The fraction of sp³-hybridized carbons (Fsp3) is 0.488. The highest BCUT2D eigenvalue weighted by molar-refractivity contribution is 5.73. The Bertz CT molecular complexity index is 1880. The van der Waals surface area contributed by atoms with Crippen molar-refractivity contribution in [1.82, 2.24) is 15.0 Å². The average molecular weight is 727 g/mol. The third kappa shape index (κ3) is 8.13. The third-order valence-corrected chi connectivity index (χ3v) is 11.4. The summed E-state index contributed by atoms with van der Waals surface area (Å²) in [5.74, 6) is -1.73. The molecule has 2 aromatic heterocycles. The van der Waals surface area contributed by atoms with Crippen molar-refractivity contribution in [3.05, 3.63) is 111 Å². The minimum absolute atomic E-state index is 0.0583. The average Bonchev–Trinajstić information content (AvgIpc) is 3.16. The zero-order chi connectivity index (χ0) is 37.3. The summed E-state index contributed by atoms with van der Waals surface area (Å²) in [5, 5.41) is 0. The molecule has 7 nitrogen and oxygen atoms in total. The first-order valence-corrected chi connectivity index (χ1v) is 18.9. The zero-order valence-corrected chi connectivity index (χ0v) is 31.1. The van der Waals surface area contributed by atoms with Crippen molar-refractivity contribution >= 4 is 12.2 Å². The number of carbonyl (C=O) groups excluding carboxylic acids is 1. The molecule has 4 aromatic rings. The van der Waals surface area contributed by atoms with Gasteiger partial charge in [-0.25, -0.2) is 23.1 Å². The largest absolute Gasteiger partial charge is 0.497 e. The number of aryl methyl sites for hydroxylation is 1. The van der Waals surface area contributed by atoms with E-state index in [0.717, 1.165) is 45.7 Å². The molecule has 3 heterocycles. The van der Waals surface area contributed by atoms with E-state index >= 15 is 4.39 Å². The molecule has 3 aliphatic rings. The molecule has 1 saturated carbocycles. The summed E-state index contributed by atoms with van der Waals surface area (Å²) >= 11 is 0. The number of fused-ring (bicyclic) bond motifs is 1. The van der Waals surface area contributed by atoms with E-state index in [1.807, 2.05) is 55.5 Å². The molecule has 0 N–H and O–H groups in total. The number of pyridine rings is 1. The van der Waals surface area contributed by atoms with E-state index in [-0.39, 0.29) is 49.0 Å². The summed E-state index contributed by atoms with van der Waals surface area (Å²) < 4.78 is 59.4.